The molecule has 1 aromatic heterocycles. The molecule has 1 aromatic carbocycles. The molecule has 2 aromatic rings. The Morgan fingerprint density at radius 3 is 2.94 bits per heavy atom. The van der Waals surface area contributed by atoms with Crippen molar-refractivity contribution < 1.29 is 8.42 Å². The van der Waals surface area contributed by atoms with E-state index >= 15 is 0 Å². The Kier molecular flexibility index (Phi) is 3.56. The second kappa shape index (κ2) is 4.80. The average molecular weight is 291 g/mol. The van der Waals surface area contributed by atoms with Crippen LogP contribution in [0.2, 0.25) is 5.02 Å². The Morgan fingerprint density at radius 2 is 2.24 bits per heavy atom. The first-order valence-electron chi connectivity index (χ1n) is 5.07. The predicted molar refractivity (Wildman–Crippen MR) is 72.3 cm³/mol. The van der Waals surface area contributed by atoms with Gasteiger partial charge in [0, 0.05) is 5.02 Å². The minimum Gasteiger partial charge on any atom is -0.259 e. The highest BCUT2D eigenvalue weighted by molar-refractivity contribution is 7.92. The number of hydrogen-bond acceptors (Lipinski definition) is 4. The molecule has 0 aliphatic carbocycles. The van der Waals surface area contributed by atoms with Gasteiger partial charge in [-0.25, -0.2) is 13.4 Å². The van der Waals surface area contributed by atoms with Crippen molar-refractivity contribution in [2.24, 2.45) is 0 Å². The first-order chi connectivity index (χ1) is 8.00. The van der Waals surface area contributed by atoms with E-state index in [1.165, 1.54) is 11.3 Å². The summed E-state index contributed by atoms with van der Waals surface area (Å²) in [6.45, 7) is 1.82. The van der Waals surface area contributed by atoms with Gasteiger partial charge >= 0.3 is 0 Å². The van der Waals surface area contributed by atoms with Crippen LogP contribution >= 0.6 is 22.9 Å². The molecule has 0 amide bonds. The fraction of sp³-hybridized carbons (Fsp3) is 0.300. The monoisotopic (exact) mass is 290 g/mol. The maximum absolute atomic E-state index is 11.6. The van der Waals surface area contributed by atoms with Crippen LogP contribution in [0.4, 0.5) is 5.13 Å². The molecular weight excluding hydrogens is 280 g/mol. The van der Waals surface area contributed by atoms with Gasteiger partial charge in [0.25, 0.3) is 0 Å². The lowest BCUT2D eigenvalue weighted by Crippen LogP contribution is -2.15. The number of aromatic nitrogens is 1. The van der Waals surface area contributed by atoms with Crippen LogP contribution in [0.1, 0.15) is 13.3 Å². The molecule has 0 saturated carbocycles. The van der Waals surface area contributed by atoms with Crippen LogP contribution in [0.5, 0.6) is 0 Å². The van der Waals surface area contributed by atoms with Crippen LogP contribution in [-0.2, 0) is 10.0 Å². The summed E-state index contributed by atoms with van der Waals surface area (Å²) in [5.74, 6) is 0.101. The topological polar surface area (TPSA) is 59.1 Å². The SMILES string of the molecule is CCCS(=O)(=O)Nc1nc2ccc(Cl)cc2s1. The summed E-state index contributed by atoms with van der Waals surface area (Å²) in [6, 6.07) is 5.27. The Hall–Kier alpha value is -0.850. The van der Waals surface area contributed by atoms with Crippen LogP contribution in [0.3, 0.4) is 0 Å². The molecule has 0 unspecified atom stereocenters. The molecule has 0 fully saturated rings. The van der Waals surface area contributed by atoms with Crippen molar-refractivity contribution in [3.63, 3.8) is 0 Å². The van der Waals surface area contributed by atoms with Gasteiger partial charge in [0.05, 0.1) is 16.0 Å². The zero-order valence-electron chi connectivity index (χ0n) is 9.10. The largest absolute Gasteiger partial charge is 0.259 e. The number of sulfonamides is 1. The van der Waals surface area contributed by atoms with Crippen LogP contribution in [0.25, 0.3) is 10.2 Å². The van der Waals surface area contributed by atoms with E-state index in [0.717, 1.165) is 10.2 Å². The molecule has 0 radical (unpaired) electrons. The number of thiazole rings is 1. The molecule has 0 aliphatic heterocycles. The highest BCUT2D eigenvalue weighted by atomic mass is 35.5. The van der Waals surface area contributed by atoms with Crippen molar-refractivity contribution in [1.82, 2.24) is 4.98 Å². The predicted octanol–water partition coefficient (Wildman–Crippen LogP) is 3.10. The summed E-state index contributed by atoms with van der Waals surface area (Å²) < 4.78 is 26.5. The molecule has 0 bridgehead atoms. The number of fused-ring (bicyclic) bond motifs is 1. The van der Waals surface area contributed by atoms with Gasteiger partial charge in [-0.3, -0.25) is 4.72 Å². The number of hydrogen-bond donors (Lipinski definition) is 1. The van der Waals surface area contributed by atoms with Gasteiger partial charge in [0.15, 0.2) is 5.13 Å². The lowest BCUT2D eigenvalue weighted by molar-refractivity contribution is 0.600. The quantitative estimate of drug-likeness (QED) is 0.941. The van der Waals surface area contributed by atoms with Gasteiger partial charge in [-0.2, -0.15) is 0 Å². The zero-order valence-corrected chi connectivity index (χ0v) is 11.5. The molecule has 0 saturated heterocycles. The van der Waals surface area contributed by atoms with Crippen molar-refractivity contribution in [2.45, 2.75) is 13.3 Å². The molecule has 0 spiro atoms. The molecule has 1 N–H and O–H groups in total. The van der Waals surface area contributed by atoms with Gasteiger partial charge in [0.1, 0.15) is 0 Å². The number of anilines is 1. The number of nitrogens with zero attached hydrogens (tertiary/aromatic N) is 1. The summed E-state index contributed by atoms with van der Waals surface area (Å²) in [4.78, 5) is 4.19. The summed E-state index contributed by atoms with van der Waals surface area (Å²) in [7, 11) is -3.28. The fourth-order valence-electron chi connectivity index (χ4n) is 1.39. The van der Waals surface area contributed by atoms with E-state index in [0.29, 0.717) is 16.6 Å². The number of rotatable bonds is 4. The smallest absolute Gasteiger partial charge is 0.234 e. The van der Waals surface area contributed by atoms with Gasteiger partial charge < -0.3 is 0 Å². The van der Waals surface area contributed by atoms with E-state index < -0.39 is 10.0 Å². The van der Waals surface area contributed by atoms with Crippen molar-refractivity contribution in [3.8, 4) is 0 Å². The second-order valence-electron chi connectivity index (χ2n) is 3.55. The number of halogens is 1. The van der Waals surface area contributed by atoms with Crippen molar-refractivity contribution in [1.29, 1.82) is 0 Å². The Morgan fingerprint density at radius 1 is 1.47 bits per heavy atom. The standard InChI is InChI=1S/C10H11ClN2O2S2/c1-2-5-17(14,15)13-10-12-8-4-3-7(11)6-9(8)16-10/h3-4,6H,2,5H2,1H3,(H,12,13). The first kappa shape index (κ1) is 12.6. The molecule has 17 heavy (non-hydrogen) atoms. The molecule has 2 rings (SSSR count). The van der Waals surface area contributed by atoms with Gasteiger partial charge in [-0.15, -0.1) is 0 Å². The van der Waals surface area contributed by atoms with E-state index in [2.05, 4.69) is 9.71 Å². The molecule has 0 aliphatic rings. The lowest BCUT2D eigenvalue weighted by Gasteiger charge is -2.01. The zero-order chi connectivity index (χ0) is 12.5. The van der Waals surface area contributed by atoms with E-state index in [4.69, 9.17) is 11.6 Å². The molecule has 7 heteroatoms. The third kappa shape index (κ3) is 3.08. The first-order valence-corrected chi connectivity index (χ1v) is 7.91. The van der Waals surface area contributed by atoms with E-state index in [-0.39, 0.29) is 5.75 Å². The normalized spacial score (nSPS) is 11.9. The van der Waals surface area contributed by atoms with Gasteiger partial charge in [-0.05, 0) is 24.6 Å². The third-order valence-corrected chi connectivity index (χ3v) is 4.81. The van der Waals surface area contributed by atoms with Crippen molar-refractivity contribution >= 4 is 48.3 Å². The molecule has 1 heterocycles. The van der Waals surface area contributed by atoms with Gasteiger partial charge in [-0.1, -0.05) is 29.9 Å². The lowest BCUT2D eigenvalue weighted by atomic mass is 10.3. The minimum absolute atomic E-state index is 0.101. The number of benzene rings is 1. The van der Waals surface area contributed by atoms with Crippen molar-refractivity contribution in [3.05, 3.63) is 23.2 Å². The van der Waals surface area contributed by atoms with Crippen LogP contribution in [0.15, 0.2) is 18.2 Å². The van der Waals surface area contributed by atoms with Crippen LogP contribution in [-0.4, -0.2) is 19.2 Å². The van der Waals surface area contributed by atoms with Crippen LogP contribution in [0, 0.1) is 0 Å². The Bertz CT molecular complexity index is 637. The summed E-state index contributed by atoms with van der Waals surface area (Å²) in [5, 5.41) is 1.000. The Balaban J connectivity index is 2.31. The molecule has 0 atom stereocenters. The second-order valence-corrected chi connectivity index (χ2v) is 6.86. The van der Waals surface area contributed by atoms with E-state index in [1.807, 2.05) is 6.92 Å². The van der Waals surface area contributed by atoms with Crippen molar-refractivity contribution in [2.75, 3.05) is 10.5 Å². The third-order valence-electron chi connectivity index (χ3n) is 2.07. The maximum Gasteiger partial charge on any atom is 0.234 e. The molecular formula is C10H11ClN2O2S2. The molecule has 92 valence electrons. The Labute approximate surface area is 109 Å². The minimum atomic E-state index is -3.28. The average Bonchev–Trinajstić information content (AvgIpc) is 2.57. The summed E-state index contributed by atoms with van der Waals surface area (Å²) >= 11 is 7.13. The summed E-state index contributed by atoms with van der Waals surface area (Å²) in [5.41, 5.74) is 0.744. The fourth-order valence-corrected chi connectivity index (χ4v) is 3.89. The van der Waals surface area contributed by atoms with Gasteiger partial charge in [0.2, 0.25) is 10.0 Å². The van der Waals surface area contributed by atoms with E-state index in [9.17, 15) is 8.42 Å². The maximum atomic E-state index is 11.6. The highest BCUT2D eigenvalue weighted by Gasteiger charge is 2.12. The van der Waals surface area contributed by atoms with E-state index in [1.54, 1.807) is 18.2 Å². The molecule has 4 nitrogen and oxygen atoms in total. The highest BCUT2D eigenvalue weighted by Crippen LogP contribution is 2.28. The number of nitrogens with one attached hydrogen (secondary N) is 1. The summed E-state index contributed by atoms with van der Waals surface area (Å²) in [6.07, 6.45) is 0.575. The van der Waals surface area contributed by atoms with Crippen LogP contribution < -0.4 is 4.72 Å².